The molecule has 0 radical (unpaired) electrons. The van der Waals surface area contributed by atoms with Crippen LogP contribution in [-0.2, 0) is 0 Å². The molecule has 112 valence electrons. The van der Waals surface area contributed by atoms with Crippen molar-refractivity contribution in [2.45, 2.75) is 26.2 Å². The Morgan fingerprint density at radius 3 is 2.43 bits per heavy atom. The Hall–Kier alpha value is -1.87. The van der Waals surface area contributed by atoms with E-state index in [2.05, 4.69) is 19.9 Å². The maximum Gasteiger partial charge on any atom is 0.123 e. The summed E-state index contributed by atoms with van der Waals surface area (Å²) in [5.41, 5.74) is 9.11. The molecule has 21 heavy (non-hydrogen) atoms. The normalized spacial score (nSPS) is 12.2. The molecule has 0 bridgehead atoms. The van der Waals surface area contributed by atoms with E-state index in [0.717, 1.165) is 17.7 Å². The van der Waals surface area contributed by atoms with Crippen LogP contribution in [0.1, 0.15) is 29.0 Å². The topological polar surface area (TPSA) is 35.2 Å². The van der Waals surface area contributed by atoms with Gasteiger partial charge in [0.1, 0.15) is 11.6 Å². The SMILES string of the molecule is Cc1cc(C)cc(OCCC(CN)c2cccc(F)c2)c1. The Morgan fingerprint density at radius 2 is 1.81 bits per heavy atom. The van der Waals surface area contributed by atoms with Gasteiger partial charge in [0.2, 0.25) is 0 Å². The molecule has 2 nitrogen and oxygen atoms in total. The van der Waals surface area contributed by atoms with Crippen LogP contribution in [0.2, 0.25) is 0 Å². The van der Waals surface area contributed by atoms with Gasteiger partial charge in [0, 0.05) is 0 Å². The number of ether oxygens (including phenoxy) is 1. The first kappa shape index (κ1) is 15.5. The van der Waals surface area contributed by atoms with E-state index in [0.29, 0.717) is 13.2 Å². The van der Waals surface area contributed by atoms with Gasteiger partial charge in [-0.25, -0.2) is 4.39 Å². The van der Waals surface area contributed by atoms with Crippen molar-refractivity contribution < 1.29 is 9.13 Å². The van der Waals surface area contributed by atoms with Crippen molar-refractivity contribution in [2.75, 3.05) is 13.2 Å². The monoisotopic (exact) mass is 287 g/mol. The lowest BCUT2D eigenvalue weighted by Gasteiger charge is -2.16. The Balaban J connectivity index is 1.94. The van der Waals surface area contributed by atoms with Crippen LogP contribution in [0.5, 0.6) is 5.75 Å². The minimum Gasteiger partial charge on any atom is -0.494 e. The largest absolute Gasteiger partial charge is 0.494 e. The molecule has 0 aromatic heterocycles. The van der Waals surface area contributed by atoms with E-state index in [4.69, 9.17) is 10.5 Å². The molecule has 2 aromatic rings. The molecule has 0 aliphatic carbocycles. The summed E-state index contributed by atoms with van der Waals surface area (Å²) in [6.07, 6.45) is 0.771. The van der Waals surface area contributed by atoms with Gasteiger partial charge in [-0.05, 0) is 73.7 Å². The van der Waals surface area contributed by atoms with Crippen molar-refractivity contribution >= 4 is 0 Å². The van der Waals surface area contributed by atoms with Crippen molar-refractivity contribution in [3.05, 3.63) is 65.0 Å². The molecule has 1 atom stereocenters. The van der Waals surface area contributed by atoms with Crippen molar-refractivity contribution in [1.29, 1.82) is 0 Å². The number of halogens is 1. The first-order valence-electron chi connectivity index (χ1n) is 7.25. The average Bonchev–Trinajstić information content (AvgIpc) is 2.42. The van der Waals surface area contributed by atoms with Gasteiger partial charge in [0.25, 0.3) is 0 Å². The predicted molar refractivity (Wildman–Crippen MR) is 84.2 cm³/mol. The van der Waals surface area contributed by atoms with Crippen LogP contribution in [0.25, 0.3) is 0 Å². The zero-order chi connectivity index (χ0) is 15.2. The molecule has 0 aliphatic rings. The number of hydrogen-bond acceptors (Lipinski definition) is 2. The summed E-state index contributed by atoms with van der Waals surface area (Å²) >= 11 is 0. The van der Waals surface area contributed by atoms with E-state index in [1.165, 1.54) is 17.2 Å². The lowest BCUT2D eigenvalue weighted by atomic mass is 9.96. The number of rotatable bonds is 6. The molecule has 0 spiro atoms. The van der Waals surface area contributed by atoms with E-state index >= 15 is 0 Å². The summed E-state index contributed by atoms with van der Waals surface area (Å²) in [4.78, 5) is 0. The van der Waals surface area contributed by atoms with Crippen LogP contribution in [0.4, 0.5) is 4.39 Å². The molecular weight excluding hydrogens is 265 g/mol. The molecule has 0 aliphatic heterocycles. The van der Waals surface area contributed by atoms with E-state index in [9.17, 15) is 4.39 Å². The van der Waals surface area contributed by atoms with E-state index in [1.807, 2.05) is 18.2 Å². The van der Waals surface area contributed by atoms with Crippen LogP contribution in [0.3, 0.4) is 0 Å². The van der Waals surface area contributed by atoms with Gasteiger partial charge >= 0.3 is 0 Å². The number of aryl methyl sites for hydroxylation is 2. The van der Waals surface area contributed by atoms with Gasteiger partial charge in [0.15, 0.2) is 0 Å². The van der Waals surface area contributed by atoms with E-state index in [1.54, 1.807) is 12.1 Å². The third-order valence-corrected chi connectivity index (χ3v) is 3.53. The van der Waals surface area contributed by atoms with Crippen molar-refractivity contribution in [3.63, 3.8) is 0 Å². The van der Waals surface area contributed by atoms with E-state index < -0.39 is 0 Å². The molecule has 0 saturated carbocycles. The second-order valence-electron chi connectivity index (χ2n) is 5.45. The fourth-order valence-electron chi connectivity index (χ4n) is 2.52. The first-order valence-corrected chi connectivity index (χ1v) is 7.25. The highest BCUT2D eigenvalue weighted by atomic mass is 19.1. The summed E-state index contributed by atoms with van der Waals surface area (Å²) in [7, 11) is 0. The maximum atomic E-state index is 13.3. The predicted octanol–water partition coefficient (Wildman–Crippen LogP) is 3.95. The fourth-order valence-corrected chi connectivity index (χ4v) is 2.52. The highest BCUT2D eigenvalue weighted by molar-refractivity contribution is 5.33. The molecule has 0 amide bonds. The highest BCUT2D eigenvalue weighted by Gasteiger charge is 2.11. The van der Waals surface area contributed by atoms with Crippen molar-refractivity contribution in [2.24, 2.45) is 5.73 Å². The van der Waals surface area contributed by atoms with Gasteiger partial charge in [0.05, 0.1) is 6.61 Å². The van der Waals surface area contributed by atoms with Gasteiger partial charge < -0.3 is 10.5 Å². The third kappa shape index (κ3) is 4.57. The molecule has 0 heterocycles. The Bertz CT molecular complexity index is 577. The minimum absolute atomic E-state index is 0.117. The summed E-state index contributed by atoms with van der Waals surface area (Å²) < 4.78 is 19.1. The van der Waals surface area contributed by atoms with Crippen LogP contribution in [0.15, 0.2) is 42.5 Å². The Morgan fingerprint density at radius 1 is 1.10 bits per heavy atom. The van der Waals surface area contributed by atoms with Gasteiger partial charge in [-0.2, -0.15) is 0 Å². The summed E-state index contributed by atoms with van der Waals surface area (Å²) in [5.74, 6) is 0.773. The summed E-state index contributed by atoms with van der Waals surface area (Å²) in [5, 5.41) is 0. The Labute approximate surface area is 125 Å². The molecule has 2 aromatic carbocycles. The van der Waals surface area contributed by atoms with Crippen LogP contribution >= 0.6 is 0 Å². The smallest absolute Gasteiger partial charge is 0.123 e. The lowest BCUT2D eigenvalue weighted by Crippen LogP contribution is -2.15. The van der Waals surface area contributed by atoms with Crippen molar-refractivity contribution in [1.82, 2.24) is 0 Å². The zero-order valence-electron chi connectivity index (χ0n) is 12.6. The quantitative estimate of drug-likeness (QED) is 0.873. The van der Waals surface area contributed by atoms with Gasteiger partial charge in [-0.15, -0.1) is 0 Å². The zero-order valence-corrected chi connectivity index (χ0v) is 12.6. The number of nitrogens with two attached hydrogens (primary N) is 1. The van der Waals surface area contributed by atoms with Crippen LogP contribution in [-0.4, -0.2) is 13.2 Å². The average molecular weight is 287 g/mol. The lowest BCUT2D eigenvalue weighted by molar-refractivity contribution is 0.298. The first-order chi connectivity index (χ1) is 10.1. The molecule has 3 heteroatoms. The third-order valence-electron chi connectivity index (χ3n) is 3.53. The maximum absolute atomic E-state index is 13.3. The molecular formula is C18H22FNO. The van der Waals surface area contributed by atoms with Crippen LogP contribution < -0.4 is 10.5 Å². The highest BCUT2D eigenvalue weighted by Crippen LogP contribution is 2.21. The molecule has 2 N–H and O–H groups in total. The van der Waals surface area contributed by atoms with Gasteiger partial charge in [-0.3, -0.25) is 0 Å². The van der Waals surface area contributed by atoms with Crippen LogP contribution in [0, 0.1) is 19.7 Å². The number of benzene rings is 2. The van der Waals surface area contributed by atoms with E-state index in [-0.39, 0.29) is 11.7 Å². The summed E-state index contributed by atoms with van der Waals surface area (Å²) in [6, 6.07) is 12.8. The molecule has 0 fully saturated rings. The second kappa shape index (κ2) is 7.23. The summed E-state index contributed by atoms with van der Waals surface area (Å²) in [6.45, 7) is 5.16. The van der Waals surface area contributed by atoms with Gasteiger partial charge in [-0.1, -0.05) is 18.2 Å². The molecule has 2 rings (SSSR count). The van der Waals surface area contributed by atoms with Crippen molar-refractivity contribution in [3.8, 4) is 5.75 Å². The Kier molecular flexibility index (Phi) is 5.34. The standard InChI is InChI=1S/C18H22FNO/c1-13-8-14(2)10-18(9-13)21-7-6-16(12-20)15-4-3-5-17(19)11-15/h3-5,8-11,16H,6-7,12,20H2,1-2H3. The molecule has 1 unspecified atom stereocenters. The second-order valence-corrected chi connectivity index (χ2v) is 5.45. The fraction of sp³-hybridized carbons (Fsp3) is 0.333. The minimum atomic E-state index is -0.221. The molecule has 0 saturated heterocycles. The number of hydrogen-bond donors (Lipinski definition) is 1.